The van der Waals surface area contributed by atoms with Gasteiger partial charge in [0.1, 0.15) is 0 Å². The number of carbonyl (C=O) groups excluding carboxylic acids is 1. The summed E-state index contributed by atoms with van der Waals surface area (Å²) in [5.74, 6) is 0. The average molecular weight is 298 g/mol. The van der Waals surface area contributed by atoms with E-state index in [2.05, 4.69) is 20.6 Å². The van der Waals surface area contributed by atoms with Gasteiger partial charge in [-0.2, -0.15) is 5.06 Å². The Morgan fingerprint density at radius 1 is 1.65 bits per heavy atom. The lowest BCUT2D eigenvalue weighted by atomic mass is 10.5. The number of nitrogens with zero attached hydrogens (tertiary/aromatic N) is 4. The summed E-state index contributed by atoms with van der Waals surface area (Å²) in [6.07, 6.45) is 1.74. The van der Waals surface area contributed by atoms with Crippen molar-refractivity contribution in [3.8, 4) is 0 Å². The molecule has 0 fully saturated rings. The summed E-state index contributed by atoms with van der Waals surface area (Å²) in [5, 5.41) is 9.57. The van der Waals surface area contributed by atoms with Gasteiger partial charge in [0.15, 0.2) is 5.13 Å². The molecule has 2 amide bonds. The molecule has 110 valence electrons. The highest BCUT2D eigenvalue weighted by atomic mass is 32.1. The van der Waals surface area contributed by atoms with E-state index in [0.29, 0.717) is 18.3 Å². The highest BCUT2D eigenvalue weighted by Gasteiger charge is 2.10. The van der Waals surface area contributed by atoms with Crippen LogP contribution in [0.25, 0.3) is 0 Å². The number of hydrogen-bond acceptors (Lipinski definition) is 7. The molecule has 0 saturated carbocycles. The van der Waals surface area contributed by atoms with Gasteiger partial charge in [0.05, 0.1) is 38.9 Å². The van der Waals surface area contributed by atoms with E-state index in [1.807, 2.05) is 17.3 Å². The van der Waals surface area contributed by atoms with Crippen molar-refractivity contribution < 1.29 is 9.63 Å². The highest BCUT2D eigenvalue weighted by molar-refractivity contribution is 7.13. The van der Waals surface area contributed by atoms with Crippen LogP contribution in [0.15, 0.2) is 10.4 Å². The fraction of sp³-hybridized carbons (Fsp3) is 0.545. The Morgan fingerprint density at radius 3 is 3.20 bits per heavy atom. The third kappa shape index (κ3) is 4.44. The summed E-state index contributed by atoms with van der Waals surface area (Å²) in [7, 11) is 3.41. The lowest BCUT2D eigenvalue weighted by Gasteiger charge is -2.14. The van der Waals surface area contributed by atoms with Crippen molar-refractivity contribution in [2.45, 2.75) is 6.54 Å². The van der Waals surface area contributed by atoms with Crippen molar-refractivity contribution in [2.24, 2.45) is 4.99 Å². The Hall–Kier alpha value is -1.71. The molecule has 2 N–H and O–H groups in total. The molecule has 0 spiro atoms. The molecular formula is C11H18N6O2S. The predicted molar refractivity (Wildman–Crippen MR) is 77.7 cm³/mol. The quantitative estimate of drug-likeness (QED) is 0.750. The van der Waals surface area contributed by atoms with Gasteiger partial charge in [-0.1, -0.05) is 0 Å². The zero-order valence-electron chi connectivity index (χ0n) is 11.5. The first-order valence-corrected chi connectivity index (χ1v) is 7.04. The molecule has 0 aliphatic carbocycles. The predicted octanol–water partition coefficient (Wildman–Crippen LogP) is 0.559. The zero-order chi connectivity index (χ0) is 14.4. The molecule has 0 bridgehead atoms. The molecule has 0 saturated heterocycles. The Balaban J connectivity index is 1.74. The van der Waals surface area contributed by atoms with Crippen LogP contribution in [0.1, 0.15) is 5.69 Å². The highest BCUT2D eigenvalue weighted by Crippen LogP contribution is 2.16. The average Bonchev–Trinajstić information content (AvgIpc) is 3.08. The van der Waals surface area contributed by atoms with Gasteiger partial charge in [-0.3, -0.25) is 10.3 Å². The van der Waals surface area contributed by atoms with E-state index in [1.54, 1.807) is 18.5 Å². The van der Waals surface area contributed by atoms with Crippen LogP contribution in [-0.2, 0) is 11.4 Å². The van der Waals surface area contributed by atoms with E-state index in [-0.39, 0.29) is 6.03 Å². The van der Waals surface area contributed by atoms with E-state index in [4.69, 9.17) is 4.84 Å². The minimum Gasteiger partial charge on any atom is -0.343 e. The second kappa shape index (κ2) is 7.17. The standard InChI is InChI=1S/C11H18N6O2S/c1-16(19-2)5-9-6-20-11(14-9)15-10(18)13-8-17-4-3-12-7-17/h6-7H,3-5,8H2,1-2H3,(H2,13,14,15,18). The van der Waals surface area contributed by atoms with Crippen molar-refractivity contribution in [3.05, 3.63) is 11.1 Å². The molecule has 20 heavy (non-hydrogen) atoms. The molecule has 0 atom stereocenters. The maximum Gasteiger partial charge on any atom is 0.322 e. The SMILES string of the molecule is CON(C)Cc1csc(NC(=O)NCN2C=NCC2)n1. The number of hydrogen-bond donors (Lipinski definition) is 2. The van der Waals surface area contributed by atoms with Crippen LogP contribution in [0, 0.1) is 0 Å². The first kappa shape index (κ1) is 14.7. The Labute approximate surface area is 121 Å². The largest absolute Gasteiger partial charge is 0.343 e. The van der Waals surface area contributed by atoms with E-state index in [9.17, 15) is 4.79 Å². The normalized spacial score (nSPS) is 14.1. The minimum absolute atomic E-state index is 0.272. The van der Waals surface area contributed by atoms with Gasteiger partial charge >= 0.3 is 6.03 Å². The van der Waals surface area contributed by atoms with Gasteiger partial charge in [-0.05, 0) is 0 Å². The van der Waals surface area contributed by atoms with E-state index < -0.39 is 0 Å². The lowest BCUT2D eigenvalue weighted by molar-refractivity contribution is -0.117. The molecule has 1 aromatic rings. The summed E-state index contributed by atoms with van der Waals surface area (Å²) in [4.78, 5) is 27.0. The minimum atomic E-state index is -0.272. The number of anilines is 1. The van der Waals surface area contributed by atoms with Crippen LogP contribution in [-0.4, -0.2) is 61.2 Å². The summed E-state index contributed by atoms with van der Waals surface area (Å²) in [6.45, 7) is 2.64. The topological polar surface area (TPSA) is 82.1 Å². The molecule has 0 unspecified atom stereocenters. The van der Waals surface area contributed by atoms with Gasteiger partial charge in [0.25, 0.3) is 0 Å². The molecule has 1 aromatic heterocycles. The first-order valence-electron chi connectivity index (χ1n) is 6.16. The smallest absolute Gasteiger partial charge is 0.322 e. The Bertz CT molecular complexity index is 477. The van der Waals surface area contributed by atoms with Crippen LogP contribution in [0.5, 0.6) is 0 Å². The lowest BCUT2D eigenvalue weighted by Crippen LogP contribution is -2.38. The van der Waals surface area contributed by atoms with E-state index in [1.165, 1.54) is 11.3 Å². The molecule has 9 heteroatoms. The molecule has 0 radical (unpaired) electrons. The van der Waals surface area contributed by atoms with Crippen LogP contribution >= 0.6 is 11.3 Å². The number of carbonyl (C=O) groups is 1. The van der Waals surface area contributed by atoms with E-state index in [0.717, 1.165) is 18.8 Å². The number of amides is 2. The number of nitrogens with one attached hydrogen (secondary N) is 2. The molecular weight excluding hydrogens is 280 g/mol. The summed E-state index contributed by atoms with van der Waals surface area (Å²) in [5.41, 5.74) is 0.848. The summed E-state index contributed by atoms with van der Waals surface area (Å²) >= 11 is 1.38. The molecule has 1 aliphatic heterocycles. The Kier molecular flexibility index (Phi) is 5.27. The third-order valence-corrected chi connectivity index (χ3v) is 3.48. The van der Waals surface area contributed by atoms with Gasteiger partial charge < -0.3 is 15.1 Å². The summed E-state index contributed by atoms with van der Waals surface area (Å²) < 4.78 is 0. The van der Waals surface area contributed by atoms with E-state index >= 15 is 0 Å². The van der Waals surface area contributed by atoms with Crippen molar-refractivity contribution >= 4 is 28.8 Å². The maximum atomic E-state index is 11.7. The summed E-state index contributed by atoms with van der Waals surface area (Å²) in [6, 6.07) is -0.272. The number of hydroxylamine groups is 2. The van der Waals surface area contributed by atoms with Crippen molar-refractivity contribution in [2.75, 3.05) is 39.2 Å². The fourth-order valence-electron chi connectivity index (χ4n) is 1.58. The molecule has 8 nitrogen and oxygen atoms in total. The second-order valence-corrected chi connectivity index (χ2v) is 5.09. The van der Waals surface area contributed by atoms with Crippen molar-refractivity contribution in [3.63, 3.8) is 0 Å². The first-order chi connectivity index (χ1) is 9.67. The van der Waals surface area contributed by atoms with Crippen LogP contribution in [0.3, 0.4) is 0 Å². The van der Waals surface area contributed by atoms with Crippen molar-refractivity contribution in [1.82, 2.24) is 20.3 Å². The molecule has 1 aliphatic rings. The number of urea groups is 1. The number of thiazole rings is 1. The monoisotopic (exact) mass is 298 g/mol. The van der Waals surface area contributed by atoms with Gasteiger partial charge in [0, 0.05) is 19.0 Å². The zero-order valence-corrected chi connectivity index (χ0v) is 12.3. The van der Waals surface area contributed by atoms with Crippen LogP contribution < -0.4 is 10.6 Å². The second-order valence-electron chi connectivity index (χ2n) is 4.24. The fourth-order valence-corrected chi connectivity index (χ4v) is 2.28. The van der Waals surface area contributed by atoms with Gasteiger partial charge in [-0.15, -0.1) is 11.3 Å². The number of rotatable bonds is 6. The Morgan fingerprint density at radius 2 is 2.50 bits per heavy atom. The van der Waals surface area contributed by atoms with Crippen LogP contribution in [0.4, 0.5) is 9.93 Å². The third-order valence-electron chi connectivity index (χ3n) is 2.67. The maximum absolute atomic E-state index is 11.7. The number of aliphatic imine (C=N–C) groups is 1. The number of aromatic nitrogens is 1. The van der Waals surface area contributed by atoms with Gasteiger partial charge in [-0.25, -0.2) is 9.78 Å². The van der Waals surface area contributed by atoms with Gasteiger partial charge in [0.2, 0.25) is 0 Å². The van der Waals surface area contributed by atoms with Crippen molar-refractivity contribution in [1.29, 1.82) is 0 Å². The van der Waals surface area contributed by atoms with Crippen LogP contribution in [0.2, 0.25) is 0 Å². The molecule has 2 rings (SSSR count). The molecule has 2 heterocycles. The molecule has 0 aromatic carbocycles.